The van der Waals surface area contributed by atoms with Crippen molar-refractivity contribution in [2.45, 2.75) is 68.8 Å². The molecule has 228 valence electrons. The molecule has 4 aliphatic heterocycles. The van der Waals surface area contributed by atoms with E-state index < -0.39 is 11.6 Å². The standard InChI is InChI=1S/C27H43N7O7/c1-38-18-20-17-34(31-30-20)22-2-8-33-24(36)16-27(5-9-32(10-6-27)21-3-11-39-12-4-21)29-23(35)19-41-15-14-40-13-7-28-26(37)25(22)33/h17,21-22,25H,2-16,18-19H2,1H3,(H,28,37)(H,29,35)/t22-,25+/m1/s1. The summed E-state index contributed by atoms with van der Waals surface area (Å²) in [7, 11) is 1.58. The summed E-state index contributed by atoms with van der Waals surface area (Å²) in [5, 5.41) is 14.5. The molecule has 1 aromatic rings. The molecule has 14 heteroatoms. The van der Waals surface area contributed by atoms with Crippen molar-refractivity contribution in [3.63, 3.8) is 0 Å². The van der Waals surface area contributed by atoms with Gasteiger partial charge in [-0.15, -0.1) is 5.10 Å². The number of methoxy groups -OCH3 is 1. The zero-order valence-electron chi connectivity index (χ0n) is 23.9. The van der Waals surface area contributed by atoms with Crippen LogP contribution in [0, 0.1) is 0 Å². The summed E-state index contributed by atoms with van der Waals surface area (Å²) < 4.78 is 23.5. The van der Waals surface area contributed by atoms with Crippen molar-refractivity contribution in [3.05, 3.63) is 11.9 Å². The summed E-state index contributed by atoms with van der Waals surface area (Å²) in [5.41, 5.74) is -0.0652. The van der Waals surface area contributed by atoms with Gasteiger partial charge in [-0.3, -0.25) is 14.4 Å². The van der Waals surface area contributed by atoms with E-state index in [9.17, 15) is 14.4 Å². The number of nitrogens with zero attached hydrogens (tertiary/aromatic N) is 5. The van der Waals surface area contributed by atoms with E-state index in [0.717, 1.165) is 39.1 Å². The van der Waals surface area contributed by atoms with Crippen LogP contribution < -0.4 is 10.6 Å². The quantitative estimate of drug-likeness (QED) is 0.468. The van der Waals surface area contributed by atoms with Gasteiger partial charge in [0.05, 0.1) is 50.6 Å². The minimum absolute atomic E-state index is 0.0930. The Morgan fingerprint density at radius 1 is 1.00 bits per heavy atom. The second-order valence-electron chi connectivity index (χ2n) is 11.4. The van der Waals surface area contributed by atoms with Gasteiger partial charge in [0.15, 0.2) is 0 Å². The summed E-state index contributed by atoms with van der Waals surface area (Å²) in [6, 6.07) is -0.669. The molecule has 0 bridgehead atoms. The predicted octanol–water partition coefficient (Wildman–Crippen LogP) is -0.751. The van der Waals surface area contributed by atoms with Crippen LogP contribution in [-0.2, 0) is 39.9 Å². The van der Waals surface area contributed by atoms with Gasteiger partial charge < -0.3 is 39.4 Å². The molecule has 4 saturated heterocycles. The van der Waals surface area contributed by atoms with E-state index in [4.69, 9.17) is 18.9 Å². The number of hydrogen-bond donors (Lipinski definition) is 2. The van der Waals surface area contributed by atoms with E-state index >= 15 is 0 Å². The van der Waals surface area contributed by atoms with Crippen molar-refractivity contribution in [2.24, 2.45) is 0 Å². The van der Waals surface area contributed by atoms with Crippen LogP contribution in [-0.4, -0.2) is 133 Å². The second-order valence-corrected chi connectivity index (χ2v) is 11.4. The van der Waals surface area contributed by atoms with Crippen molar-refractivity contribution in [1.29, 1.82) is 0 Å². The van der Waals surface area contributed by atoms with Gasteiger partial charge in [-0.2, -0.15) is 0 Å². The number of hydrogen-bond acceptors (Lipinski definition) is 10. The molecule has 0 aliphatic carbocycles. The van der Waals surface area contributed by atoms with Crippen molar-refractivity contribution in [1.82, 2.24) is 35.4 Å². The summed E-state index contributed by atoms with van der Waals surface area (Å²) in [6.45, 7) is 4.86. The zero-order valence-corrected chi connectivity index (χ0v) is 23.9. The summed E-state index contributed by atoms with van der Waals surface area (Å²) in [5.74, 6) is -0.663. The smallest absolute Gasteiger partial charge is 0.246 e. The Hall–Kier alpha value is -2.65. The fraction of sp³-hybridized carbons (Fsp3) is 0.815. The first-order chi connectivity index (χ1) is 20.0. The molecule has 0 unspecified atom stereocenters. The van der Waals surface area contributed by atoms with Crippen LogP contribution in [0.15, 0.2) is 6.20 Å². The summed E-state index contributed by atoms with van der Waals surface area (Å²) >= 11 is 0. The van der Waals surface area contributed by atoms with Crippen molar-refractivity contribution in [2.75, 3.05) is 72.9 Å². The van der Waals surface area contributed by atoms with Crippen LogP contribution in [0.2, 0.25) is 0 Å². The Morgan fingerprint density at radius 2 is 1.76 bits per heavy atom. The third-order valence-corrected chi connectivity index (χ3v) is 8.65. The predicted molar refractivity (Wildman–Crippen MR) is 145 cm³/mol. The number of nitrogens with one attached hydrogen (secondary N) is 2. The number of carbonyl (C=O) groups excluding carboxylic acids is 3. The van der Waals surface area contributed by atoms with Gasteiger partial charge >= 0.3 is 0 Å². The van der Waals surface area contributed by atoms with E-state index in [1.807, 2.05) is 0 Å². The van der Waals surface area contributed by atoms with E-state index in [1.165, 1.54) is 0 Å². The molecule has 14 nitrogen and oxygen atoms in total. The highest BCUT2D eigenvalue weighted by Gasteiger charge is 2.47. The molecule has 2 N–H and O–H groups in total. The largest absolute Gasteiger partial charge is 0.381 e. The highest BCUT2D eigenvalue weighted by atomic mass is 16.5. The molecule has 4 fully saturated rings. The molecule has 1 spiro atoms. The summed E-state index contributed by atoms with van der Waals surface area (Å²) in [4.78, 5) is 44.7. The molecular formula is C27H43N7O7. The van der Waals surface area contributed by atoms with Gasteiger partial charge in [-0.1, -0.05) is 5.21 Å². The maximum absolute atomic E-state index is 14.0. The topological polar surface area (TPSA) is 149 Å². The van der Waals surface area contributed by atoms with Crippen molar-refractivity contribution in [3.8, 4) is 0 Å². The number of rotatable bonds is 4. The highest BCUT2D eigenvalue weighted by Crippen LogP contribution is 2.34. The molecule has 0 radical (unpaired) electrons. The van der Waals surface area contributed by atoms with Crippen LogP contribution in [0.1, 0.15) is 50.3 Å². The Kier molecular flexibility index (Phi) is 10.2. The molecule has 2 atom stereocenters. The molecule has 1 aromatic heterocycles. The molecule has 5 heterocycles. The number of aromatic nitrogens is 3. The fourth-order valence-electron chi connectivity index (χ4n) is 6.51. The molecule has 4 aliphatic rings. The van der Waals surface area contributed by atoms with E-state index in [1.54, 1.807) is 22.9 Å². The average molecular weight is 578 g/mol. The molecule has 0 saturated carbocycles. The lowest BCUT2D eigenvalue weighted by atomic mass is 9.82. The lowest BCUT2D eigenvalue weighted by Gasteiger charge is -2.46. The number of ether oxygens (including phenoxy) is 4. The van der Waals surface area contributed by atoms with E-state index in [-0.39, 0.29) is 43.4 Å². The maximum atomic E-state index is 14.0. The Bertz CT molecular complexity index is 1040. The Morgan fingerprint density at radius 3 is 2.54 bits per heavy atom. The fourth-order valence-corrected chi connectivity index (χ4v) is 6.51. The second kappa shape index (κ2) is 14.0. The highest BCUT2D eigenvalue weighted by molar-refractivity contribution is 5.89. The van der Waals surface area contributed by atoms with E-state index in [0.29, 0.717) is 63.9 Å². The minimum atomic E-state index is -0.758. The van der Waals surface area contributed by atoms with Gasteiger partial charge in [-0.05, 0) is 32.1 Å². The minimum Gasteiger partial charge on any atom is -0.381 e. The molecule has 41 heavy (non-hydrogen) atoms. The van der Waals surface area contributed by atoms with Crippen LogP contribution in [0.3, 0.4) is 0 Å². The number of piperidine rings is 1. The van der Waals surface area contributed by atoms with Crippen molar-refractivity contribution < 1.29 is 33.3 Å². The first-order valence-corrected chi connectivity index (χ1v) is 14.7. The molecule has 0 aromatic carbocycles. The Labute approximate surface area is 240 Å². The molecular weight excluding hydrogens is 534 g/mol. The van der Waals surface area contributed by atoms with Gasteiger partial charge in [-0.25, -0.2) is 4.68 Å². The number of likely N-dealkylation sites (tertiary alicyclic amines) is 1. The molecule has 3 amide bonds. The average Bonchev–Trinajstić information content (AvgIpc) is 3.62. The monoisotopic (exact) mass is 577 g/mol. The van der Waals surface area contributed by atoms with Crippen LogP contribution in [0.4, 0.5) is 0 Å². The van der Waals surface area contributed by atoms with Gasteiger partial charge in [0.2, 0.25) is 17.7 Å². The third-order valence-electron chi connectivity index (χ3n) is 8.65. The Balaban J connectivity index is 1.35. The van der Waals surface area contributed by atoms with Crippen LogP contribution in [0.25, 0.3) is 0 Å². The van der Waals surface area contributed by atoms with Gasteiger partial charge in [0, 0.05) is 52.5 Å². The maximum Gasteiger partial charge on any atom is 0.246 e. The van der Waals surface area contributed by atoms with Gasteiger partial charge in [0.25, 0.3) is 0 Å². The lowest BCUT2D eigenvalue weighted by molar-refractivity contribution is -0.142. The van der Waals surface area contributed by atoms with Gasteiger partial charge in [0.1, 0.15) is 18.3 Å². The normalized spacial score (nSPS) is 27.9. The number of carbonyl (C=O) groups is 3. The molecule has 5 rings (SSSR count). The third kappa shape index (κ3) is 7.41. The first-order valence-electron chi connectivity index (χ1n) is 14.7. The number of amides is 3. The van der Waals surface area contributed by atoms with Crippen molar-refractivity contribution >= 4 is 17.7 Å². The SMILES string of the molecule is COCc1cn([C@@H]2CCN3C(=O)CC4(CCN(C5CCOCC5)CC4)NC(=O)COCCOCCNC(=O)[C@H]23)nn1. The van der Waals surface area contributed by atoms with Crippen LogP contribution in [0.5, 0.6) is 0 Å². The number of fused-ring (bicyclic) bond motifs is 1. The van der Waals surface area contributed by atoms with E-state index in [2.05, 4.69) is 25.8 Å². The zero-order chi connectivity index (χ0) is 28.7. The summed E-state index contributed by atoms with van der Waals surface area (Å²) in [6.07, 6.45) is 5.71. The lowest BCUT2D eigenvalue weighted by Crippen LogP contribution is -2.60. The van der Waals surface area contributed by atoms with Crippen LogP contribution >= 0.6 is 0 Å². The first kappa shape index (κ1) is 29.8.